The van der Waals surface area contributed by atoms with E-state index in [1.807, 2.05) is 0 Å². The van der Waals surface area contributed by atoms with Gasteiger partial charge in [-0.05, 0) is 37.5 Å². The summed E-state index contributed by atoms with van der Waals surface area (Å²) < 4.78 is 0. The Morgan fingerprint density at radius 2 is 1.76 bits per heavy atom. The molecule has 3 saturated heterocycles. The first-order chi connectivity index (χ1) is 13.7. The lowest BCUT2D eigenvalue weighted by Gasteiger charge is -2.47. The van der Waals surface area contributed by atoms with Gasteiger partial charge >= 0.3 is 0 Å². The van der Waals surface area contributed by atoms with Crippen molar-refractivity contribution in [2.75, 3.05) is 19.6 Å². The van der Waals surface area contributed by atoms with Crippen molar-refractivity contribution in [3.05, 3.63) is 0 Å². The lowest BCUT2D eigenvalue weighted by molar-refractivity contribution is -0.124. The highest BCUT2D eigenvalue weighted by Crippen LogP contribution is 2.24. The first-order valence-corrected chi connectivity index (χ1v) is 11.5. The Kier molecular flexibility index (Phi) is 7.92. The van der Waals surface area contributed by atoms with Crippen LogP contribution in [-0.4, -0.2) is 67.1 Å². The van der Waals surface area contributed by atoms with Crippen LogP contribution in [0.15, 0.2) is 0 Å². The molecule has 8 heteroatoms. The van der Waals surface area contributed by atoms with Crippen LogP contribution in [0.1, 0.15) is 53.4 Å². The molecule has 1 amide bonds. The van der Waals surface area contributed by atoms with Crippen LogP contribution in [-0.2, 0) is 4.79 Å². The van der Waals surface area contributed by atoms with Crippen LogP contribution < -0.4 is 32.7 Å². The quantitative estimate of drug-likeness (QED) is 0.356. The molecule has 8 N–H and O–H groups in total. The van der Waals surface area contributed by atoms with Crippen molar-refractivity contribution in [3.8, 4) is 0 Å². The number of primary amides is 1. The monoisotopic (exact) mass is 409 g/mol. The number of nitrogens with one attached hydrogen (secondary N) is 4. The first-order valence-electron chi connectivity index (χ1n) is 11.5. The molecule has 3 fully saturated rings. The largest absolute Gasteiger partial charge is 0.369 e. The van der Waals surface area contributed by atoms with Crippen LogP contribution in [0.2, 0.25) is 0 Å². The van der Waals surface area contributed by atoms with E-state index in [-0.39, 0.29) is 30.3 Å². The molecule has 3 aliphatic rings. The van der Waals surface area contributed by atoms with Crippen molar-refractivity contribution in [3.63, 3.8) is 0 Å². The Balaban J connectivity index is 1.68. The average molecular weight is 410 g/mol. The minimum Gasteiger partial charge on any atom is -0.369 e. The number of piperidine rings is 2. The summed E-state index contributed by atoms with van der Waals surface area (Å²) in [5, 5.41) is 14.7. The van der Waals surface area contributed by atoms with E-state index in [4.69, 9.17) is 11.5 Å². The number of carbonyl (C=O) groups is 1. The second-order valence-electron chi connectivity index (χ2n) is 10.1. The maximum atomic E-state index is 12.1. The highest BCUT2D eigenvalue weighted by Gasteiger charge is 2.39. The molecule has 0 radical (unpaired) electrons. The third kappa shape index (κ3) is 5.89. The Labute approximate surface area is 176 Å². The topological polar surface area (TPSA) is 120 Å². The molecule has 0 saturated carbocycles. The predicted octanol–water partition coefficient (Wildman–Crippen LogP) is -0.296. The second-order valence-corrected chi connectivity index (χ2v) is 10.1. The lowest BCUT2D eigenvalue weighted by Crippen LogP contribution is -2.72. The van der Waals surface area contributed by atoms with Crippen LogP contribution in [0.3, 0.4) is 0 Å². The number of amides is 1. The fourth-order valence-corrected chi connectivity index (χ4v) is 5.08. The zero-order valence-electron chi connectivity index (χ0n) is 18.7. The molecule has 0 aliphatic carbocycles. The fourth-order valence-electron chi connectivity index (χ4n) is 5.08. The zero-order valence-corrected chi connectivity index (χ0v) is 18.7. The number of hydrogen-bond donors (Lipinski definition) is 6. The van der Waals surface area contributed by atoms with Gasteiger partial charge in [-0.25, -0.2) is 0 Å². The van der Waals surface area contributed by atoms with Crippen molar-refractivity contribution in [1.29, 1.82) is 0 Å². The molecule has 0 spiro atoms. The Morgan fingerprint density at radius 1 is 1.10 bits per heavy atom. The van der Waals surface area contributed by atoms with Crippen LogP contribution in [0, 0.1) is 17.8 Å². The summed E-state index contributed by atoms with van der Waals surface area (Å²) >= 11 is 0. The molecule has 0 aromatic heterocycles. The number of hydrogen-bond acceptors (Lipinski definition) is 7. The molecule has 29 heavy (non-hydrogen) atoms. The number of carbonyl (C=O) groups excluding carboxylic acids is 1. The normalized spacial score (nSPS) is 39.8. The van der Waals surface area contributed by atoms with Crippen LogP contribution in [0.5, 0.6) is 0 Å². The molecule has 0 aromatic rings. The third-order valence-electron chi connectivity index (χ3n) is 7.02. The summed E-state index contributed by atoms with van der Waals surface area (Å²) in [4.78, 5) is 14.5. The van der Waals surface area contributed by atoms with E-state index < -0.39 is 0 Å². The first kappa shape index (κ1) is 22.9. The molecule has 3 heterocycles. The Hall–Kier alpha value is -0.770. The molecule has 3 rings (SSSR count). The lowest BCUT2D eigenvalue weighted by atomic mass is 9.83. The van der Waals surface area contributed by atoms with Crippen molar-refractivity contribution in [2.24, 2.45) is 29.2 Å². The minimum atomic E-state index is -0.269. The molecule has 3 aliphatic heterocycles. The van der Waals surface area contributed by atoms with E-state index >= 15 is 0 Å². The van der Waals surface area contributed by atoms with Gasteiger partial charge in [0.15, 0.2) is 0 Å². The summed E-state index contributed by atoms with van der Waals surface area (Å²) in [6.07, 6.45) is 4.23. The van der Waals surface area contributed by atoms with Crippen LogP contribution in [0.25, 0.3) is 0 Å². The molecule has 0 aromatic carbocycles. The fraction of sp³-hybridized carbons (Fsp3) is 0.952. The van der Waals surface area contributed by atoms with Gasteiger partial charge in [0.2, 0.25) is 5.91 Å². The van der Waals surface area contributed by atoms with Crippen molar-refractivity contribution < 1.29 is 4.79 Å². The molecular weight excluding hydrogens is 366 g/mol. The summed E-state index contributed by atoms with van der Waals surface area (Å²) in [6, 6.07) is 1.55. The molecule has 5 unspecified atom stereocenters. The summed E-state index contributed by atoms with van der Waals surface area (Å²) in [6.45, 7) is 11.6. The van der Waals surface area contributed by atoms with Gasteiger partial charge in [-0.3, -0.25) is 25.6 Å². The van der Waals surface area contributed by atoms with Gasteiger partial charge in [0, 0.05) is 43.8 Å². The Morgan fingerprint density at radius 3 is 2.31 bits per heavy atom. The van der Waals surface area contributed by atoms with Gasteiger partial charge in [-0.15, -0.1) is 0 Å². The highest BCUT2D eigenvalue weighted by molar-refractivity contribution is 5.77. The molecule has 8 nitrogen and oxygen atoms in total. The number of nitrogens with two attached hydrogens (primary N) is 2. The van der Waals surface area contributed by atoms with E-state index in [1.54, 1.807) is 0 Å². The summed E-state index contributed by atoms with van der Waals surface area (Å²) in [7, 11) is 0. The standard InChI is InChI=1S/C21H43N7O/c1-12(2)17-8-15(9-18(26-17)13(3)4)25-20-16(19(23)29)10-24-21(27-20)28-7-5-6-14(22)11-28/h12-18,20-21,24-27H,5-11,22H2,1-4H3,(H2,23,29)/t14-,15?,16?,17?,18?,20?,21?/m0/s1. The van der Waals surface area contributed by atoms with E-state index in [2.05, 4.69) is 53.9 Å². The van der Waals surface area contributed by atoms with Gasteiger partial charge < -0.3 is 16.8 Å². The van der Waals surface area contributed by atoms with Gasteiger partial charge in [0.05, 0.1) is 12.1 Å². The van der Waals surface area contributed by atoms with E-state index in [1.165, 1.54) is 0 Å². The van der Waals surface area contributed by atoms with Gasteiger partial charge in [0.1, 0.15) is 6.29 Å². The molecular formula is C21H43N7O. The summed E-state index contributed by atoms with van der Waals surface area (Å²) in [5.41, 5.74) is 11.9. The van der Waals surface area contributed by atoms with Gasteiger partial charge in [0.25, 0.3) is 0 Å². The maximum absolute atomic E-state index is 12.1. The van der Waals surface area contributed by atoms with E-state index in [9.17, 15) is 4.79 Å². The van der Waals surface area contributed by atoms with Crippen LogP contribution >= 0.6 is 0 Å². The SMILES string of the molecule is CC(C)C1CC(NC2NC(N3CCC[C@H](N)C3)NCC2C(N)=O)CC(C(C)C)N1. The summed E-state index contributed by atoms with van der Waals surface area (Å²) in [5.74, 6) is 0.633. The number of nitrogens with zero attached hydrogens (tertiary/aromatic N) is 1. The smallest absolute Gasteiger partial charge is 0.224 e. The zero-order chi connectivity index (χ0) is 21.1. The van der Waals surface area contributed by atoms with Gasteiger partial charge in [-0.2, -0.15) is 0 Å². The molecule has 168 valence electrons. The average Bonchev–Trinajstić information content (AvgIpc) is 2.67. The van der Waals surface area contributed by atoms with E-state index in [0.717, 1.165) is 38.8 Å². The van der Waals surface area contributed by atoms with Gasteiger partial charge in [-0.1, -0.05) is 27.7 Å². The Bertz CT molecular complexity index is 527. The van der Waals surface area contributed by atoms with E-state index in [0.29, 0.717) is 36.5 Å². The predicted molar refractivity (Wildman–Crippen MR) is 117 cm³/mol. The van der Waals surface area contributed by atoms with Crippen molar-refractivity contribution in [2.45, 2.75) is 90.0 Å². The minimum absolute atomic E-state index is 0.0259. The van der Waals surface area contributed by atoms with Crippen LogP contribution in [0.4, 0.5) is 0 Å². The molecule has 0 bridgehead atoms. The maximum Gasteiger partial charge on any atom is 0.224 e. The van der Waals surface area contributed by atoms with Crippen molar-refractivity contribution in [1.82, 2.24) is 26.2 Å². The van der Waals surface area contributed by atoms with Crippen molar-refractivity contribution >= 4 is 5.91 Å². The number of rotatable bonds is 6. The highest BCUT2D eigenvalue weighted by atomic mass is 16.1. The third-order valence-corrected chi connectivity index (χ3v) is 7.02. The second kappa shape index (κ2) is 10.0. The molecule has 6 atom stereocenters. The number of likely N-dealkylation sites (tertiary alicyclic amines) is 1.